The van der Waals surface area contributed by atoms with E-state index in [-0.39, 0.29) is 11.6 Å². The fourth-order valence-electron chi connectivity index (χ4n) is 3.37. The molecule has 1 aromatic heterocycles. The SMILES string of the molecule is COc1ccc2c(c1)/C(=C1\N=C(c3ccco3)OC1=O)C=C(c1ccc(SC)cc1)O2. The lowest BCUT2D eigenvalue weighted by atomic mass is 9.97. The Morgan fingerprint density at radius 1 is 1.03 bits per heavy atom. The molecule has 0 aliphatic carbocycles. The van der Waals surface area contributed by atoms with E-state index < -0.39 is 5.97 Å². The molecule has 2 aliphatic heterocycles. The summed E-state index contributed by atoms with van der Waals surface area (Å²) in [5, 5.41) is 0. The number of esters is 1. The summed E-state index contributed by atoms with van der Waals surface area (Å²) >= 11 is 1.67. The number of allylic oxidation sites excluding steroid dienone is 2. The maximum absolute atomic E-state index is 12.7. The van der Waals surface area contributed by atoms with Crippen LogP contribution in [0.5, 0.6) is 11.5 Å². The minimum atomic E-state index is -0.551. The largest absolute Gasteiger partial charge is 0.497 e. The molecule has 6 nitrogen and oxygen atoms in total. The first-order valence-corrected chi connectivity index (χ1v) is 10.7. The molecule has 0 N–H and O–H groups in total. The molecule has 5 rings (SSSR count). The lowest BCUT2D eigenvalue weighted by Crippen LogP contribution is -2.08. The van der Waals surface area contributed by atoms with Crippen molar-refractivity contribution in [3.05, 3.63) is 89.5 Å². The predicted octanol–water partition coefficient (Wildman–Crippen LogP) is 5.16. The first-order chi connectivity index (χ1) is 15.2. The maximum Gasteiger partial charge on any atom is 0.364 e. The summed E-state index contributed by atoms with van der Waals surface area (Å²) in [6, 6.07) is 16.9. The van der Waals surface area contributed by atoms with Crippen LogP contribution in [0.2, 0.25) is 0 Å². The molecule has 0 spiro atoms. The van der Waals surface area contributed by atoms with E-state index in [0.717, 1.165) is 10.5 Å². The highest BCUT2D eigenvalue weighted by molar-refractivity contribution is 7.98. The number of rotatable bonds is 4. The van der Waals surface area contributed by atoms with Crippen LogP contribution in [0, 0.1) is 0 Å². The average molecular weight is 431 g/mol. The molecule has 0 saturated carbocycles. The monoisotopic (exact) mass is 431 g/mol. The van der Waals surface area contributed by atoms with Crippen molar-refractivity contribution in [3.63, 3.8) is 0 Å². The number of ether oxygens (including phenoxy) is 3. The van der Waals surface area contributed by atoms with Gasteiger partial charge < -0.3 is 18.6 Å². The highest BCUT2D eigenvalue weighted by atomic mass is 32.2. The number of aliphatic imine (C=N–C) groups is 1. The Bertz CT molecular complexity index is 1250. The third-order valence-corrected chi connectivity index (χ3v) is 5.67. The Labute approximate surface area is 182 Å². The maximum atomic E-state index is 12.7. The summed E-state index contributed by atoms with van der Waals surface area (Å²) in [5.41, 5.74) is 2.36. The molecule has 3 aromatic rings. The fraction of sp³-hybridized carbons (Fsp3) is 0.0833. The molecule has 0 amide bonds. The van der Waals surface area contributed by atoms with Crippen molar-refractivity contribution >= 4 is 35.0 Å². The topological polar surface area (TPSA) is 70.3 Å². The molecule has 0 bridgehead atoms. The number of hydrogen-bond donors (Lipinski definition) is 0. The Kier molecular flexibility index (Phi) is 4.88. The van der Waals surface area contributed by atoms with E-state index in [0.29, 0.717) is 34.2 Å². The van der Waals surface area contributed by atoms with Crippen LogP contribution >= 0.6 is 11.8 Å². The number of nitrogens with zero attached hydrogens (tertiary/aromatic N) is 1. The van der Waals surface area contributed by atoms with Gasteiger partial charge in [0.05, 0.1) is 13.4 Å². The molecule has 0 atom stereocenters. The van der Waals surface area contributed by atoms with Crippen LogP contribution in [0.15, 0.2) is 86.9 Å². The Morgan fingerprint density at radius 3 is 2.58 bits per heavy atom. The lowest BCUT2D eigenvalue weighted by Gasteiger charge is -2.21. The van der Waals surface area contributed by atoms with Crippen LogP contribution in [0.25, 0.3) is 11.3 Å². The molecule has 0 saturated heterocycles. The van der Waals surface area contributed by atoms with Crippen LogP contribution in [0.3, 0.4) is 0 Å². The van der Waals surface area contributed by atoms with E-state index in [4.69, 9.17) is 18.6 Å². The Morgan fingerprint density at radius 2 is 1.87 bits per heavy atom. The van der Waals surface area contributed by atoms with Crippen molar-refractivity contribution in [2.45, 2.75) is 4.90 Å². The van der Waals surface area contributed by atoms with Crippen LogP contribution in [-0.4, -0.2) is 25.2 Å². The second-order valence-corrected chi connectivity index (χ2v) is 7.63. The summed E-state index contributed by atoms with van der Waals surface area (Å²) in [7, 11) is 1.59. The number of hydrogen-bond acceptors (Lipinski definition) is 7. The molecule has 31 heavy (non-hydrogen) atoms. The van der Waals surface area contributed by atoms with Gasteiger partial charge in [0, 0.05) is 21.6 Å². The summed E-state index contributed by atoms with van der Waals surface area (Å²) in [6.45, 7) is 0. The number of furan rings is 1. The van der Waals surface area contributed by atoms with Crippen molar-refractivity contribution in [2.75, 3.05) is 13.4 Å². The van der Waals surface area contributed by atoms with Gasteiger partial charge in [0.25, 0.3) is 5.90 Å². The molecule has 2 aromatic carbocycles. The minimum Gasteiger partial charge on any atom is -0.497 e. The zero-order chi connectivity index (χ0) is 21.4. The number of benzene rings is 2. The van der Waals surface area contributed by atoms with Gasteiger partial charge in [-0.2, -0.15) is 0 Å². The van der Waals surface area contributed by atoms with Gasteiger partial charge in [-0.05, 0) is 54.8 Å². The molecule has 7 heteroatoms. The summed E-state index contributed by atoms with van der Waals surface area (Å²) in [4.78, 5) is 18.3. The van der Waals surface area contributed by atoms with Gasteiger partial charge in [0.15, 0.2) is 11.5 Å². The van der Waals surface area contributed by atoms with Crippen LogP contribution in [0.4, 0.5) is 0 Å². The van der Waals surface area contributed by atoms with Crippen molar-refractivity contribution in [1.29, 1.82) is 0 Å². The zero-order valence-corrected chi connectivity index (χ0v) is 17.6. The number of thioether (sulfide) groups is 1. The van der Waals surface area contributed by atoms with E-state index in [2.05, 4.69) is 4.99 Å². The highest BCUT2D eigenvalue weighted by Crippen LogP contribution is 2.41. The number of cyclic esters (lactones) is 1. The van der Waals surface area contributed by atoms with Gasteiger partial charge in [-0.25, -0.2) is 9.79 Å². The molecular formula is C24H17NO5S. The first-order valence-electron chi connectivity index (χ1n) is 9.47. The predicted molar refractivity (Wildman–Crippen MR) is 118 cm³/mol. The van der Waals surface area contributed by atoms with E-state index in [1.165, 1.54) is 6.26 Å². The van der Waals surface area contributed by atoms with Gasteiger partial charge in [0.2, 0.25) is 0 Å². The van der Waals surface area contributed by atoms with Gasteiger partial charge in [0.1, 0.15) is 17.3 Å². The standard InChI is InChI=1S/C24H17NO5S/c1-27-15-7-10-19-17(12-15)18(13-21(29-19)14-5-8-16(31-2)9-6-14)22-24(26)30-23(25-22)20-4-3-11-28-20/h3-13H,1-2H3/b22-18-. The second kappa shape index (κ2) is 7.85. The second-order valence-electron chi connectivity index (χ2n) is 6.75. The molecule has 0 radical (unpaired) electrons. The highest BCUT2D eigenvalue weighted by Gasteiger charge is 2.32. The van der Waals surface area contributed by atoms with Crippen molar-refractivity contribution < 1.29 is 23.4 Å². The van der Waals surface area contributed by atoms with E-state index in [9.17, 15) is 4.79 Å². The normalized spacial score (nSPS) is 17.4. The van der Waals surface area contributed by atoms with Crippen molar-refractivity contribution in [2.24, 2.45) is 4.99 Å². The van der Waals surface area contributed by atoms with Crippen molar-refractivity contribution in [1.82, 2.24) is 0 Å². The van der Waals surface area contributed by atoms with Gasteiger partial charge >= 0.3 is 5.97 Å². The minimum absolute atomic E-state index is 0.132. The quantitative estimate of drug-likeness (QED) is 0.323. The summed E-state index contributed by atoms with van der Waals surface area (Å²) < 4.78 is 22.2. The van der Waals surface area contributed by atoms with E-state index in [1.54, 1.807) is 37.1 Å². The van der Waals surface area contributed by atoms with Crippen molar-refractivity contribution in [3.8, 4) is 11.5 Å². The summed E-state index contributed by atoms with van der Waals surface area (Å²) in [6.07, 6.45) is 5.33. The smallest absolute Gasteiger partial charge is 0.364 e. The fourth-order valence-corrected chi connectivity index (χ4v) is 3.78. The third kappa shape index (κ3) is 3.53. The van der Waals surface area contributed by atoms with Crippen LogP contribution < -0.4 is 9.47 Å². The molecule has 2 aliphatic rings. The van der Waals surface area contributed by atoms with E-state index in [1.807, 2.05) is 48.7 Å². The number of fused-ring (bicyclic) bond motifs is 1. The van der Waals surface area contributed by atoms with Gasteiger partial charge in [-0.1, -0.05) is 12.1 Å². The van der Waals surface area contributed by atoms with Gasteiger partial charge in [-0.15, -0.1) is 11.8 Å². The lowest BCUT2D eigenvalue weighted by molar-refractivity contribution is -0.130. The van der Waals surface area contributed by atoms with Gasteiger partial charge in [-0.3, -0.25) is 0 Å². The Balaban J connectivity index is 1.68. The third-order valence-electron chi connectivity index (χ3n) is 4.93. The Hall–Kier alpha value is -3.71. The average Bonchev–Trinajstić information content (AvgIpc) is 3.48. The first kappa shape index (κ1) is 19.3. The molecular weight excluding hydrogens is 414 g/mol. The zero-order valence-electron chi connectivity index (χ0n) is 16.7. The molecule has 3 heterocycles. The molecule has 0 fully saturated rings. The molecule has 154 valence electrons. The van der Waals surface area contributed by atoms with Crippen LogP contribution in [0.1, 0.15) is 16.9 Å². The molecule has 0 unspecified atom stereocenters. The summed E-state index contributed by atoms with van der Waals surface area (Å²) in [5.74, 6) is 1.83. The van der Waals surface area contributed by atoms with E-state index >= 15 is 0 Å². The van der Waals surface area contributed by atoms with Crippen LogP contribution in [-0.2, 0) is 9.53 Å². The number of methoxy groups -OCH3 is 1. The number of carbonyl (C=O) groups excluding carboxylic acids is 1. The number of carbonyl (C=O) groups is 1.